The highest BCUT2D eigenvalue weighted by atomic mass is 16.5. The highest BCUT2D eigenvalue weighted by molar-refractivity contribution is 6.04. The van der Waals surface area contributed by atoms with Gasteiger partial charge < -0.3 is 15.4 Å². The number of rotatable bonds is 4. The zero-order valence-corrected chi connectivity index (χ0v) is 10.9. The van der Waals surface area contributed by atoms with Crippen LogP contribution in [-0.4, -0.2) is 20.1 Å². The maximum atomic E-state index is 12.1. The molecule has 0 heterocycles. The Hall–Kier alpha value is -2.49. The second-order valence-electron chi connectivity index (χ2n) is 4.02. The summed E-state index contributed by atoms with van der Waals surface area (Å²) in [5, 5.41) is 5.84. The van der Waals surface area contributed by atoms with E-state index in [0.29, 0.717) is 17.0 Å². The molecule has 4 nitrogen and oxygen atoms in total. The van der Waals surface area contributed by atoms with Gasteiger partial charge in [-0.25, -0.2) is 0 Å². The highest BCUT2D eigenvalue weighted by Gasteiger charge is 2.06. The fraction of sp³-hybridized carbons (Fsp3) is 0.133. The molecule has 0 aliphatic rings. The predicted octanol–water partition coefficient (Wildman–Crippen LogP) is 2.99. The normalized spacial score (nSPS) is 9.79. The molecule has 2 aromatic carbocycles. The molecule has 19 heavy (non-hydrogen) atoms. The maximum absolute atomic E-state index is 12.1. The van der Waals surface area contributed by atoms with Crippen LogP contribution in [0.1, 0.15) is 10.4 Å². The minimum absolute atomic E-state index is 0.148. The number of amides is 1. The minimum Gasteiger partial charge on any atom is -0.497 e. The average Bonchev–Trinajstić information content (AvgIpc) is 2.47. The van der Waals surface area contributed by atoms with Crippen LogP contribution in [0.25, 0.3) is 0 Å². The van der Waals surface area contributed by atoms with Gasteiger partial charge in [0.1, 0.15) is 5.75 Å². The summed E-state index contributed by atoms with van der Waals surface area (Å²) in [4.78, 5) is 12.1. The van der Waals surface area contributed by atoms with Crippen LogP contribution in [0, 0.1) is 0 Å². The Bertz CT molecular complexity index is 582. The van der Waals surface area contributed by atoms with E-state index < -0.39 is 0 Å². The number of carbonyl (C=O) groups excluding carboxylic acids is 1. The maximum Gasteiger partial charge on any atom is 0.255 e. The molecule has 2 N–H and O–H groups in total. The second-order valence-corrected chi connectivity index (χ2v) is 4.02. The molecule has 2 rings (SSSR count). The Morgan fingerprint density at radius 2 is 1.79 bits per heavy atom. The number of nitrogens with one attached hydrogen (secondary N) is 2. The van der Waals surface area contributed by atoms with Crippen molar-refractivity contribution in [1.29, 1.82) is 0 Å². The van der Waals surface area contributed by atoms with Gasteiger partial charge in [0, 0.05) is 30.1 Å². The lowest BCUT2D eigenvalue weighted by Gasteiger charge is -2.08. The Morgan fingerprint density at radius 3 is 2.53 bits per heavy atom. The summed E-state index contributed by atoms with van der Waals surface area (Å²) in [6.07, 6.45) is 0. The minimum atomic E-state index is -0.148. The van der Waals surface area contributed by atoms with Gasteiger partial charge in [-0.15, -0.1) is 0 Å². The van der Waals surface area contributed by atoms with Gasteiger partial charge in [0.15, 0.2) is 0 Å². The third-order valence-electron chi connectivity index (χ3n) is 2.74. The van der Waals surface area contributed by atoms with E-state index in [1.165, 1.54) is 0 Å². The molecule has 0 saturated heterocycles. The smallest absolute Gasteiger partial charge is 0.255 e. The topological polar surface area (TPSA) is 50.4 Å². The monoisotopic (exact) mass is 256 g/mol. The molecule has 0 aliphatic carbocycles. The number of hydrogen-bond donors (Lipinski definition) is 2. The van der Waals surface area contributed by atoms with Gasteiger partial charge in [0.2, 0.25) is 0 Å². The van der Waals surface area contributed by atoms with Gasteiger partial charge in [-0.1, -0.05) is 12.1 Å². The van der Waals surface area contributed by atoms with Crippen LogP contribution in [-0.2, 0) is 0 Å². The van der Waals surface area contributed by atoms with Crippen LogP contribution in [0.3, 0.4) is 0 Å². The van der Waals surface area contributed by atoms with E-state index in [9.17, 15) is 4.79 Å². The van der Waals surface area contributed by atoms with Gasteiger partial charge >= 0.3 is 0 Å². The van der Waals surface area contributed by atoms with Gasteiger partial charge in [-0.3, -0.25) is 4.79 Å². The molecule has 0 atom stereocenters. The summed E-state index contributed by atoms with van der Waals surface area (Å²) in [5.41, 5.74) is 2.21. The van der Waals surface area contributed by atoms with E-state index in [2.05, 4.69) is 10.6 Å². The quantitative estimate of drug-likeness (QED) is 0.884. The fourth-order valence-corrected chi connectivity index (χ4v) is 1.72. The average molecular weight is 256 g/mol. The highest BCUT2D eigenvalue weighted by Crippen LogP contribution is 2.18. The number of methoxy groups -OCH3 is 1. The van der Waals surface area contributed by atoms with Crippen LogP contribution in [0.2, 0.25) is 0 Å². The molecule has 98 valence electrons. The molecule has 0 bridgehead atoms. The first kappa shape index (κ1) is 13.0. The molecule has 0 spiro atoms. The molecule has 0 unspecified atom stereocenters. The number of benzene rings is 2. The molecular formula is C15H16N2O2. The lowest BCUT2D eigenvalue weighted by Crippen LogP contribution is -2.12. The lowest BCUT2D eigenvalue weighted by atomic mass is 10.2. The molecule has 1 amide bonds. The first-order chi connectivity index (χ1) is 9.22. The van der Waals surface area contributed by atoms with E-state index in [1.807, 2.05) is 37.4 Å². The van der Waals surface area contributed by atoms with E-state index >= 15 is 0 Å². The Labute approximate surface area is 112 Å². The first-order valence-corrected chi connectivity index (χ1v) is 5.96. The fourth-order valence-electron chi connectivity index (χ4n) is 1.72. The first-order valence-electron chi connectivity index (χ1n) is 5.96. The van der Waals surface area contributed by atoms with Crippen LogP contribution in [0.15, 0.2) is 48.5 Å². The summed E-state index contributed by atoms with van der Waals surface area (Å²) < 4.78 is 5.12. The van der Waals surface area contributed by atoms with Crippen molar-refractivity contribution in [1.82, 2.24) is 0 Å². The van der Waals surface area contributed by atoms with E-state index in [0.717, 1.165) is 5.69 Å². The molecule has 0 fully saturated rings. The van der Waals surface area contributed by atoms with E-state index in [-0.39, 0.29) is 5.91 Å². The molecule has 2 aromatic rings. The number of anilines is 2. The number of carbonyl (C=O) groups is 1. The molecule has 0 aromatic heterocycles. The number of ether oxygens (including phenoxy) is 1. The van der Waals surface area contributed by atoms with E-state index in [4.69, 9.17) is 4.74 Å². The molecule has 0 aliphatic heterocycles. The van der Waals surface area contributed by atoms with Crippen molar-refractivity contribution in [3.8, 4) is 5.75 Å². The summed E-state index contributed by atoms with van der Waals surface area (Å²) in [6, 6.07) is 14.6. The lowest BCUT2D eigenvalue weighted by molar-refractivity contribution is 0.102. The van der Waals surface area contributed by atoms with Crippen LogP contribution < -0.4 is 15.4 Å². The van der Waals surface area contributed by atoms with Crippen molar-refractivity contribution in [2.75, 3.05) is 24.8 Å². The molecule has 4 heteroatoms. The van der Waals surface area contributed by atoms with Crippen molar-refractivity contribution in [3.05, 3.63) is 54.1 Å². The standard InChI is InChI=1S/C15H16N2O2/c1-16-12-6-3-5-11(9-12)15(18)17-13-7-4-8-14(10-13)19-2/h3-10,16H,1-2H3,(H,17,18). The largest absolute Gasteiger partial charge is 0.497 e. The Morgan fingerprint density at radius 1 is 1.05 bits per heavy atom. The van der Waals surface area contributed by atoms with Gasteiger partial charge in [0.25, 0.3) is 5.91 Å². The predicted molar refractivity (Wildman–Crippen MR) is 76.9 cm³/mol. The summed E-state index contributed by atoms with van der Waals surface area (Å²) in [7, 11) is 3.41. The van der Waals surface area contributed by atoms with Crippen molar-refractivity contribution >= 4 is 17.3 Å². The van der Waals surface area contributed by atoms with Crippen LogP contribution >= 0.6 is 0 Å². The molecule has 0 saturated carbocycles. The van der Waals surface area contributed by atoms with Crippen LogP contribution in [0.4, 0.5) is 11.4 Å². The third-order valence-corrected chi connectivity index (χ3v) is 2.74. The van der Waals surface area contributed by atoms with Crippen molar-refractivity contribution < 1.29 is 9.53 Å². The van der Waals surface area contributed by atoms with Gasteiger partial charge in [-0.05, 0) is 30.3 Å². The van der Waals surface area contributed by atoms with Crippen LogP contribution in [0.5, 0.6) is 5.75 Å². The SMILES string of the molecule is CNc1cccc(C(=O)Nc2cccc(OC)c2)c1. The van der Waals surface area contributed by atoms with Gasteiger partial charge in [-0.2, -0.15) is 0 Å². The van der Waals surface area contributed by atoms with Crippen molar-refractivity contribution in [2.24, 2.45) is 0 Å². The summed E-state index contributed by atoms with van der Waals surface area (Å²) in [5.74, 6) is 0.562. The molecular weight excluding hydrogens is 240 g/mol. The third kappa shape index (κ3) is 3.25. The summed E-state index contributed by atoms with van der Waals surface area (Å²) in [6.45, 7) is 0. The summed E-state index contributed by atoms with van der Waals surface area (Å²) >= 11 is 0. The Balaban J connectivity index is 2.15. The number of hydrogen-bond acceptors (Lipinski definition) is 3. The second kappa shape index (κ2) is 5.91. The Kier molecular flexibility index (Phi) is 4.03. The zero-order valence-electron chi connectivity index (χ0n) is 10.9. The zero-order chi connectivity index (χ0) is 13.7. The van der Waals surface area contributed by atoms with Crippen molar-refractivity contribution in [2.45, 2.75) is 0 Å². The van der Waals surface area contributed by atoms with E-state index in [1.54, 1.807) is 25.3 Å². The van der Waals surface area contributed by atoms with Crippen molar-refractivity contribution in [3.63, 3.8) is 0 Å². The molecule has 0 radical (unpaired) electrons. The van der Waals surface area contributed by atoms with Gasteiger partial charge in [0.05, 0.1) is 7.11 Å².